The third kappa shape index (κ3) is 4.85. The number of anilines is 2. The number of carbonyl (C=O) groups excluding carboxylic acids is 1. The van der Waals surface area contributed by atoms with Crippen molar-refractivity contribution in [2.75, 3.05) is 36.5 Å². The topological polar surface area (TPSA) is 95.9 Å². The number of nitrogens with zero attached hydrogens (tertiary/aromatic N) is 1. The molecule has 0 unspecified atom stereocenters. The summed E-state index contributed by atoms with van der Waals surface area (Å²) in [6, 6.07) is 9.43. The van der Waals surface area contributed by atoms with Crippen LogP contribution >= 0.6 is 11.6 Å². The van der Waals surface area contributed by atoms with E-state index in [1.165, 1.54) is 12.1 Å². The SMILES string of the molecule is C[C@@](O)(C(=O)Nc1ccc(S(=O)(=O)c2ccc(N3CCOCC3)cc2)cc1Cl)C(F)(F)F. The fourth-order valence-corrected chi connectivity index (χ4v) is 4.51. The molecule has 1 saturated heterocycles. The summed E-state index contributed by atoms with van der Waals surface area (Å²) in [7, 11) is -3.98. The maximum Gasteiger partial charge on any atom is 0.426 e. The summed E-state index contributed by atoms with van der Waals surface area (Å²) >= 11 is 6.00. The summed E-state index contributed by atoms with van der Waals surface area (Å²) < 4.78 is 69.6. The van der Waals surface area contributed by atoms with Gasteiger partial charge in [-0.1, -0.05) is 11.6 Å². The number of morpholine rings is 1. The molecule has 32 heavy (non-hydrogen) atoms. The van der Waals surface area contributed by atoms with Crippen molar-refractivity contribution in [1.29, 1.82) is 0 Å². The summed E-state index contributed by atoms with van der Waals surface area (Å²) in [5, 5.41) is 11.0. The molecule has 1 atom stereocenters. The monoisotopic (exact) mass is 492 g/mol. The quantitative estimate of drug-likeness (QED) is 0.665. The van der Waals surface area contributed by atoms with Gasteiger partial charge >= 0.3 is 6.18 Å². The molecule has 0 spiro atoms. The lowest BCUT2D eigenvalue weighted by Crippen LogP contribution is -2.52. The zero-order valence-corrected chi connectivity index (χ0v) is 18.4. The summed E-state index contributed by atoms with van der Waals surface area (Å²) in [6.07, 6.45) is -5.21. The smallest absolute Gasteiger partial charge is 0.378 e. The number of alkyl halides is 3. The normalized spacial score (nSPS) is 17.0. The molecule has 0 aromatic heterocycles. The van der Waals surface area contributed by atoms with Gasteiger partial charge in [0.1, 0.15) is 0 Å². The van der Waals surface area contributed by atoms with Crippen LogP contribution in [0.1, 0.15) is 6.92 Å². The molecule has 0 radical (unpaired) electrons. The molecule has 1 aliphatic rings. The van der Waals surface area contributed by atoms with Gasteiger partial charge in [-0.05, 0) is 49.4 Å². The van der Waals surface area contributed by atoms with E-state index in [2.05, 4.69) is 4.90 Å². The van der Waals surface area contributed by atoms with E-state index < -0.39 is 27.5 Å². The Bertz CT molecular complexity index is 1100. The van der Waals surface area contributed by atoms with Crippen molar-refractivity contribution in [3.63, 3.8) is 0 Å². The molecule has 1 fully saturated rings. The van der Waals surface area contributed by atoms with Crippen LogP contribution in [-0.2, 0) is 19.4 Å². The lowest BCUT2D eigenvalue weighted by atomic mass is 10.1. The molecule has 0 bridgehead atoms. The summed E-state index contributed by atoms with van der Waals surface area (Å²) in [4.78, 5) is 13.7. The highest BCUT2D eigenvalue weighted by atomic mass is 35.5. The first-order valence-electron chi connectivity index (χ1n) is 9.42. The van der Waals surface area contributed by atoms with E-state index in [4.69, 9.17) is 16.3 Å². The molecule has 2 aromatic carbocycles. The lowest BCUT2D eigenvalue weighted by Gasteiger charge is -2.28. The average Bonchev–Trinajstić information content (AvgIpc) is 2.75. The molecule has 7 nitrogen and oxygen atoms in total. The van der Waals surface area contributed by atoms with Crippen molar-refractivity contribution in [1.82, 2.24) is 0 Å². The number of ether oxygens (including phenoxy) is 1. The second kappa shape index (κ2) is 8.89. The molecule has 1 heterocycles. The first kappa shape index (κ1) is 24.3. The maximum atomic E-state index is 12.9. The maximum absolute atomic E-state index is 12.9. The van der Waals surface area contributed by atoms with Gasteiger partial charge < -0.3 is 20.1 Å². The summed E-state index contributed by atoms with van der Waals surface area (Å²) in [5.74, 6) is -1.75. The Kier molecular flexibility index (Phi) is 6.75. The van der Waals surface area contributed by atoms with Crippen molar-refractivity contribution in [2.45, 2.75) is 28.5 Å². The first-order valence-corrected chi connectivity index (χ1v) is 11.3. The Labute approximate surface area is 187 Å². The summed E-state index contributed by atoms with van der Waals surface area (Å²) in [5.41, 5.74) is -3.08. The fourth-order valence-electron chi connectivity index (χ4n) is 2.93. The lowest BCUT2D eigenvalue weighted by molar-refractivity contribution is -0.242. The van der Waals surface area contributed by atoms with Crippen molar-refractivity contribution < 1.29 is 36.2 Å². The Hall–Kier alpha value is -2.34. The van der Waals surface area contributed by atoms with Crippen molar-refractivity contribution in [2.24, 2.45) is 0 Å². The van der Waals surface area contributed by atoms with Crippen LogP contribution in [0.4, 0.5) is 24.5 Å². The van der Waals surface area contributed by atoms with Crippen molar-refractivity contribution in [3.05, 3.63) is 47.5 Å². The van der Waals surface area contributed by atoms with E-state index >= 15 is 0 Å². The first-order chi connectivity index (χ1) is 14.8. The van der Waals surface area contributed by atoms with Gasteiger partial charge in [-0.15, -0.1) is 0 Å². The molecule has 1 aliphatic heterocycles. The number of aliphatic hydroxyl groups is 1. The predicted molar refractivity (Wildman–Crippen MR) is 112 cm³/mol. The van der Waals surface area contributed by atoms with E-state index in [9.17, 15) is 31.5 Å². The minimum Gasteiger partial charge on any atom is -0.378 e. The second-order valence-electron chi connectivity index (χ2n) is 7.26. The van der Waals surface area contributed by atoms with E-state index in [1.807, 2.05) is 5.32 Å². The molecule has 2 aromatic rings. The highest BCUT2D eigenvalue weighted by Gasteiger charge is 2.55. The number of sulfone groups is 1. The van der Waals surface area contributed by atoms with Gasteiger partial charge in [0.15, 0.2) is 0 Å². The van der Waals surface area contributed by atoms with Gasteiger partial charge in [0, 0.05) is 18.8 Å². The number of nitrogens with one attached hydrogen (secondary N) is 1. The van der Waals surface area contributed by atoms with Gasteiger partial charge in [0.2, 0.25) is 15.4 Å². The summed E-state index contributed by atoms with van der Waals surface area (Å²) in [6.45, 7) is 2.85. The molecule has 3 rings (SSSR count). The van der Waals surface area contributed by atoms with Crippen LogP contribution in [0.2, 0.25) is 5.02 Å². The van der Waals surface area contributed by atoms with Crippen LogP contribution in [0.25, 0.3) is 0 Å². The molecule has 174 valence electrons. The van der Waals surface area contributed by atoms with E-state index in [1.54, 1.807) is 12.1 Å². The van der Waals surface area contributed by atoms with Gasteiger partial charge in [-0.2, -0.15) is 13.2 Å². The molecule has 0 aliphatic carbocycles. The van der Waals surface area contributed by atoms with Crippen molar-refractivity contribution in [3.8, 4) is 0 Å². The van der Waals surface area contributed by atoms with Gasteiger partial charge in [-0.3, -0.25) is 4.79 Å². The second-order valence-corrected chi connectivity index (χ2v) is 9.62. The highest BCUT2D eigenvalue weighted by Crippen LogP contribution is 2.33. The van der Waals surface area contributed by atoms with Crippen LogP contribution < -0.4 is 10.2 Å². The molecule has 0 saturated carbocycles. The number of halogens is 4. The van der Waals surface area contributed by atoms with Gasteiger partial charge in [-0.25, -0.2) is 8.42 Å². The molecule has 1 amide bonds. The average molecular weight is 493 g/mol. The fraction of sp³-hybridized carbons (Fsp3) is 0.350. The molecular formula is C20H20ClF3N2O5S. The van der Waals surface area contributed by atoms with Crippen molar-refractivity contribution >= 4 is 38.7 Å². The Morgan fingerprint density at radius 3 is 2.19 bits per heavy atom. The molecule has 12 heteroatoms. The number of hydrogen-bond donors (Lipinski definition) is 2. The Morgan fingerprint density at radius 1 is 1.09 bits per heavy atom. The third-order valence-corrected chi connectivity index (χ3v) is 7.10. The molecular weight excluding hydrogens is 473 g/mol. The van der Waals surface area contributed by atoms with E-state index in [0.717, 1.165) is 23.9 Å². The number of hydrogen-bond acceptors (Lipinski definition) is 6. The zero-order valence-electron chi connectivity index (χ0n) is 16.8. The van der Waals surface area contributed by atoms with Crippen LogP contribution in [0.3, 0.4) is 0 Å². The number of benzene rings is 2. The number of amides is 1. The van der Waals surface area contributed by atoms with E-state index in [-0.39, 0.29) is 20.5 Å². The van der Waals surface area contributed by atoms with Crippen LogP contribution in [0, 0.1) is 0 Å². The predicted octanol–water partition coefficient (Wildman–Crippen LogP) is 3.26. The largest absolute Gasteiger partial charge is 0.426 e. The van der Waals surface area contributed by atoms with Gasteiger partial charge in [0.25, 0.3) is 5.91 Å². The minimum absolute atomic E-state index is 0.00219. The molecule has 2 N–H and O–H groups in total. The van der Waals surface area contributed by atoms with Crippen LogP contribution in [0.15, 0.2) is 52.3 Å². The number of carbonyl (C=O) groups is 1. The van der Waals surface area contributed by atoms with Gasteiger partial charge in [0.05, 0.1) is 33.7 Å². The number of rotatable bonds is 5. The van der Waals surface area contributed by atoms with E-state index in [0.29, 0.717) is 33.2 Å². The zero-order chi connectivity index (χ0) is 23.7. The highest BCUT2D eigenvalue weighted by molar-refractivity contribution is 7.91. The van der Waals surface area contributed by atoms with Crippen LogP contribution in [-0.4, -0.2) is 57.5 Å². The Morgan fingerprint density at radius 2 is 1.66 bits per heavy atom. The third-order valence-electron chi connectivity index (χ3n) is 5.02. The Balaban J connectivity index is 1.81. The minimum atomic E-state index is -5.21. The standard InChI is InChI=1S/C20H20ClF3N2O5S/c1-19(28,20(22,23)24)18(27)25-17-7-6-15(12-16(17)21)32(29,30)14-4-2-13(3-5-14)26-8-10-31-11-9-26/h2-7,12,28H,8-11H2,1H3,(H,25,27)/t19-/m1/s1. The van der Waals surface area contributed by atoms with Crippen LogP contribution in [0.5, 0.6) is 0 Å².